The first-order valence-electron chi connectivity index (χ1n) is 11.9. The van der Waals surface area contributed by atoms with Gasteiger partial charge in [0.1, 0.15) is 17.1 Å². The van der Waals surface area contributed by atoms with Crippen molar-refractivity contribution < 1.29 is 38.1 Å². The number of piperidine rings is 1. The van der Waals surface area contributed by atoms with Crippen LogP contribution in [0.2, 0.25) is 0 Å². The van der Waals surface area contributed by atoms with E-state index in [1.54, 1.807) is 45.6 Å². The second-order valence-electron chi connectivity index (χ2n) is 9.79. The van der Waals surface area contributed by atoms with Gasteiger partial charge in [-0.2, -0.15) is 0 Å². The van der Waals surface area contributed by atoms with E-state index < -0.39 is 41.0 Å². The Morgan fingerprint density at radius 1 is 1.19 bits per heavy atom. The van der Waals surface area contributed by atoms with Gasteiger partial charge in [-0.15, -0.1) is 0 Å². The molecule has 2 rings (SSSR count). The lowest BCUT2D eigenvalue weighted by Gasteiger charge is -2.39. The normalized spacial score (nSPS) is 16.8. The molecule has 2 amide bonds. The fourth-order valence-electron chi connectivity index (χ4n) is 3.83. The molecule has 1 saturated heterocycles. The molecule has 36 heavy (non-hydrogen) atoms. The van der Waals surface area contributed by atoms with Crippen molar-refractivity contribution in [2.24, 2.45) is 11.7 Å². The quantitative estimate of drug-likeness (QED) is 0.291. The van der Waals surface area contributed by atoms with Crippen LogP contribution in [0.25, 0.3) is 0 Å². The van der Waals surface area contributed by atoms with Crippen LogP contribution in [0.3, 0.4) is 0 Å². The Morgan fingerprint density at radius 3 is 2.36 bits per heavy atom. The Balaban J connectivity index is 2.19. The van der Waals surface area contributed by atoms with E-state index in [-0.39, 0.29) is 11.3 Å². The van der Waals surface area contributed by atoms with Crippen molar-refractivity contribution in [3.63, 3.8) is 0 Å². The van der Waals surface area contributed by atoms with E-state index in [1.807, 2.05) is 0 Å². The molecule has 198 valence electrons. The summed E-state index contributed by atoms with van der Waals surface area (Å²) in [6.07, 6.45) is 0.879. The summed E-state index contributed by atoms with van der Waals surface area (Å²) in [5, 5.41) is 0. The summed E-state index contributed by atoms with van der Waals surface area (Å²) in [4.78, 5) is 50.6. The van der Waals surface area contributed by atoms with Crippen LogP contribution in [0.4, 0.5) is 4.79 Å². The summed E-state index contributed by atoms with van der Waals surface area (Å²) in [7, 11) is 0. The number of carbonyl (C=O) groups is 3. The van der Waals surface area contributed by atoms with Crippen LogP contribution in [0, 0.1) is 5.92 Å². The number of primary amides is 1. The third kappa shape index (κ3) is 7.32. The molecule has 0 aliphatic carbocycles. The zero-order valence-electron chi connectivity index (χ0n) is 21.8. The maximum absolute atomic E-state index is 13.5. The van der Waals surface area contributed by atoms with Crippen molar-refractivity contribution in [3.05, 3.63) is 30.0 Å². The van der Waals surface area contributed by atoms with Crippen LogP contribution in [-0.2, 0) is 19.1 Å². The van der Waals surface area contributed by atoms with Crippen LogP contribution in [0.15, 0.2) is 24.5 Å². The number of ether oxygens (including phenoxy) is 4. The molecule has 1 fully saturated rings. The highest BCUT2D eigenvalue weighted by atomic mass is 16.6. The van der Waals surface area contributed by atoms with Crippen LogP contribution in [-0.4, -0.2) is 65.6 Å². The first kappa shape index (κ1) is 28.9. The number of benzene rings is 1. The Kier molecular flexibility index (Phi) is 9.67. The molecule has 0 aromatic heterocycles. The number of ketones is 1. The molecule has 1 unspecified atom stereocenters. The second kappa shape index (κ2) is 12.1. The van der Waals surface area contributed by atoms with Gasteiger partial charge < -0.3 is 29.6 Å². The first-order chi connectivity index (χ1) is 16.8. The molecule has 2 N–H and O–H groups in total. The summed E-state index contributed by atoms with van der Waals surface area (Å²) in [5.41, 5.74) is 3.62. The van der Waals surface area contributed by atoms with Gasteiger partial charge in [0, 0.05) is 19.2 Å². The van der Waals surface area contributed by atoms with E-state index in [2.05, 4.69) is 0 Å². The van der Waals surface area contributed by atoms with E-state index in [1.165, 1.54) is 25.0 Å². The van der Waals surface area contributed by atoms with Crippen molar-refractivity contribution >= 4 is 23.7 Å². The number of rotatable bonds is 10. The summed E-state index contributed by atoms with van der Waals surface area (Å²) in [6.45, 7) is 11.4. The highest BCUT2D eigenvalue weighted by Gasteiger charge is 2.45. The largest absolute Gasteiger partial charge is 0.494 e. The maximum Gasteiger partial charge on any atom is 0.410 e. The minimum absolute atomic E-state index is 0.0821. The molecule has 0 saturated carbocycles. The lowest BCUT2D eigenvalue weighted by molar-refractivity contribution is -0.159. The van der Waals surface area contributed by atoms with Gasteiger partial charge in [0.05, 0.1) is 24.2 Å². The predicted octanol–water partition coefficient (Wildman–Crippen LogP) is 3.29. The number of hydrogen-bond acceptors (Lipinski definition) is 8. The van der Waals surface area contributed by atoms with Crippen molar-refractivity contribution in [3.8, 4) is 11.5 Å². The van der Waals surface area contributed by atoms with Crippen LogP contribution in [0.1, 0.15) is 64.7 Å². The number of nitrogens with zero attached hydrogens (tertiary/aromatic N) is 1. The average Bonchev–Trinajstić information content (AvgIpc) is 2.81. The molecule has 0 radical (unpaired) electrons. The molecule has 2 atom stereocenters. The van der Waals surface area contributed by atoms with Gasteiger partial charge in [-0.05, 0) is 59.6 Å². The van der Waals surface area contributed by atoms with Gasteiger partial charge in [-0.3, -0.25) is 9.59 Å². The highest BCUT2D eigenvalue weighted by Crippen LogP contribution is 2.34. The number of nitrogens with two attached hydrogens (primary N) is 1. The zero-order chi connectivity index (χ0) is 27.1. The third-order valence-corrected chi connectivity index (χ3v) is 5.98. The number of amides is 2. The monoisotopic (exact) mass is 504 g/mol. The van der Waals surface area contributed by atoms with Crippen LogP contribution in [0.5, 0.6) is 11.5 Å². The van der Waals surface area contributed by atoms with E-state index in [4.69, 9.17) is 24.7 Å². The second-order valence-corrected chi connectivity index (χ2v) is 9.79. The van der Waals surface area contributed by atoms with Gasteiger partial charge >= 0.3 is 6.09 Å². The minimum atomic E-state index is -1.63. The number of Topliss-reactive ketones (excluding diaryl/α,β-unsaturated/α-hetero) is 1. The van der Waals surface area contributed by atoms with Gasteiger partial charge in [0.25, 0.3) is 0 Å². The molecule has 10 heteroatoms. The number of likely N-dealkylation sites (tertiary alicyclic amines) is 1. The third-order valence-electron chi connectivity index (χ3n) is 5.98. The summed E-state index contributed by atoms with van der Waals surface area (Å²) in [6, 6.07) is 4.57. The molecular formula is C26H36N2O8. The van der Waals surface area contributed by atoms with Crippen LogP contribution < -0.4 is 15.2 Å². The van der Waals surface area contributed by atoms with Gasteiger partial charge in [0.2, 0.25) is 5.91 Å². The van der Waals surface area contributed by atoms with E-state index in [9.17, 15) is 19.2 Å². The van der Waals surface area contributed by atoms with Crippen molar-refractivity contribution in [1.29, 1.82) is 0 Å². The molecule has 0 bridgehead atoms. The molecule has 10 nitrogen and oxygen atoms in total. The summed E-state index contributed by atoms with van der Waals surface area (Å²) < 4.78 is 22.3. The number of carbonyl (C=O) groups excluding carboxylic acids is 4. The molecule has 0 spiro atoms. The van der Waals surface area contributed by atoms with Gasteiger partial charge in [-0.25, -0.2) is 9.59 Å². The molecule has 1 aliphatic rings. The fourth-order valence-corrected chi connectivity index (χ4v) is 3.83. The van der Waals surface area contributed by atoms with Crippen LogP contribution >= 0.6 is 0 Å². The standard InChI is InChI=1S/C26H36N2O8/c1-7-33-19-8-9-20(21(16-19)34-15-14-29)22(30)17(2)26(6,23(27)31)35-18-10-12-28(13-11-18)24(32)36-25(3,4)5/h8-9,15-18H,7,10-13H2,1-6H3,(H2,27,31)/t17?,26-/m0/s1. The average molecular weight is 505 g/mol. The van der Waals surface area contributed by atoms with E-state index in [0.29, 0.717) is 38.3 Å². The van der Waals surface area contributed by atoms with Gasteiger partial charge in [0.15, 0.2) is 23.6 Å². The molecular weight excluding hydrogens is 468 g/mol. The van der Waals surface area contributed by atoms with E-state index in [0.717, 1.165) is 6.26 Å². The Labute approximate surface area is 211 Å². The zero-order valence-corrected chi connectivity index (χ0v) is 21.8. The maximum atomic E-state index is 13.5. The lowest BCUT2D eigenvalue weighted by Crippen LogP contribution is -2.54. The Hall–Kier alpha value is -3.36. The highest BCUT2D eigenvalue weighted by molar-refractivity contribution is 6.04. The predicted molar refractivity (Wildman–Crippen MR) is 132 cm³/mol. The topological polar surface area (TPSA) is 134 Å². The Bertz CT molecular complexity index is 1000. The van der Waals surface area contributed by atoms with Crippen molar-refractivity contribution in [1.82, 2.24) is 4.90 Å². The fraction of sp³-hybridized carbons (Fsp3) is 0.577. The minimum Gasteiger partial charge on any atom is -0.494 e. The smallest absolute Gasteiger partial charge is 0.410 e. The van der Waals surface area contributed by atoms with Crippen molar-refractivity contribution in [2.75, 3.05) is 19.7 Å². The SMILES string of the molecule is CCOc1ccc(C(=O)C(C)[C@](C)(OC2CCN(C(=O)OC(C)(C)C)CC2)C(N)=O)c(OC=C=O)c1. The summed E-state index contributed by atoms with van der Waals surface area (Å²) in [5.74, 6) is -0.205. The number of hydrogen-bond donors (Lipinski definition) is 1. The summed E-state index contributed by atoms with van der Waals surface area (Å²) >= 11 is 0. The Morgan fingerprint density at radius 2 is 1.83 bits per heavy atom. The molecule has 1 aromatic carbocycles. The first-order valence-corrected chi connectivity index (χ1v) is 11.9. The molecule has 1 heterocycles. The van der Waals surface area contributed by atoms with E-state index >= 15 is 0 Å². The lowest BCUT2D eigenvalue weighted by atomic mass is 9.83. The molecule has 1 aliphatic heterocycles. The van der Waals surface area contributed by atoms with Gasteiger partial charge in [-0.1, -0.05) is 6.92 Å². The molecule has 1 aromatic rings. The van der Waals surface area contributed by atoms with Crippen molar-refractivity contribution in [2.45, 2.75) is 71.7 Å².